The topological polar surface area (TPSA) is 137 Å². The third kappa shape index (κ3) is 4.46. The van der Waals surface area contributed by atoms with Crippen molar-refractivity contribution in [1.82, 2.24) is 14.7 Å². The van der Waals surface area contributed by atoms with E-state index >= 15 is 0 Å². The smallest absolute Gasteiger partial charge is 0.339 e. The van der Waals surface area contributed by atoms with Gasteiger partial charge in [-0.05, 0) is 12.1 Å². The maximum absolute atomic E-state index is 12.6. The van der Waals surface area contributed by atoms with Crippen molar-refractivity contribution in [3.63, 3.8) is 0 Å². The average Bonchev–Trinajstić information content (AvgIpc) is 2.71. The molecule has 1 N–H and O–H groups in total. The highest BCUT2D eigenvalue weighted by Crippen LogP contribution is 2.20. The van der Waals surface area contributed by atoms with E-state index in [1.54, 1.807) is 0 Å². The van der Waals surface area contributed by atoms with Crippen molar-refractivity contribution in [2.45, 2.75) is 4.90 Å². The predicted molar refractivity (Wildman–Crippen MR) is 97.0 cm³/mol. The van der Waals surface area contributed by atoms with Crippen LogP contribution in [0.5, 0.6) is 11.8 Å². The number of urea groups is 1. The van der Waals surface area contributed by atoms with Crippen LogP contribution < -0.4 is 19.1 Å². The Morgan fingerprint density at radius 3 is 2.14 bits per heavy atom. The van der Waals surface area contributed by atoms with E-state index in [9.17, 15) is 18.0 Å². The SMILES string of the molecule is COC(=O)c1ccccc1S(=O)(=O)NC(=O)N(C)c1nc(OC)cc(OC)n1. The largest absolute Gasteiger partial charge is 0.481 e. The first-order valence-corrected chi connectivity index (χ1v) is 9.16. The Morgan fingerprint density at radius 1 is 1.04 bits per heavy atom. The second-order valence-corrected chi connectivity index (χ2v) is 6.86. The number of amides is 2. The summed E-state index contributed by atoms with van der Waals surface area (Å²) in [5.41, 5.74) is -0.216. The van der Waals surface area contributed by atoms with Crippen LogP contribution in [-0.4, -0.2) is 58.8 Å². The molecule has 1 heterocycles. The number of hydrogen-bond donors (Lipinski definition) is 1. The molecule has 150 valence electrons. The predicted octanol–water partition coefficient (Wildman–Crippen LogP) is 0.815. The average molecular weight is 410 g/mol. The molecule has 2 amide bonds. The number of methoxy groups -OCH3 is 3. The molecule has 2 aromatic rings. The molecule has 2 rings (SSSR count). The zero-order valence-corrected chi connectivity index (χ0v) is 16.3. The van der Waals surface area contributed by atoms with Gasteiger partial charge in [0.1, 0.15) is 4.90 Å². The summed E-state index contributed by atoms with van der Waals surface area (Å²) < 4.78 is 41.6. The number of hydrogen-bond acceptors (Lipinski definition) is 9. The summed E-state index contributed by atoms with van der Waals surface area (Å²) in [5.74, 6) is -0.798. The Labute approximate surface area is 161 Å². The van der Waals surface area contributed by atoms with Gasteiger partial charge in [-0.15, -0.1) is 0 Å². The monoisotopic (exact) mass is 410 g/mol. The number of carbonyl (C=O) groups is 2. The Bertz CT molecular complexity index is 972. The molecule has 12 heteroatoms. The molecular formula is C16H18N4O7S. The van der Waals surface area contributed by atoms with Crippen LogP contribution in [-0.2, 0) is 14.8 Å². The normalized spacial score (nSPS) is 10.7. The van der Waals surface area contributed by atoms with Crippen molar-refractivity contribution < 1.29 is 32.2 Å². The van der Waals surface area contributed by atoms with Gasteiger partial charge in [0.25, 0.3) is 10.0 Å². The quantitative estimate of drug-likeness (QED) is 0.686. The molecular weight excluding hydrogens is 392 g/mol. The minimum atomic E-state index is -4.39. The number of aromatic nitrogens is 2. The van der Waals surface area contributed by atoms with Crippen LogP contribution in [0.4, 0.5) is 10.7 Å². The van der Waals surface area contributed by atoms with E-state index < -0.39 is 26.9 Å². The van der Waals surface area contributed by atoms with Gasteiger partial charge in [0.2, 0.25) is 17.7 Å². The number of sulfonamides is 1. The van der Waals surface area contributed by atoms with Crippen LogP contribution in [0.2, 0.25) is 0 Å². The van der Waals surface area contributed by atoms with E-state index in [2.05, 4.69) is 14.7 Å². The van der Waals surface area contributed by atoms with Gasteiger partial charge < -0.3 is 14.2 Å². The van der Waals surface area contributed by atoms with Crippen molar-refractivity contribution >= 4 is 28.0 Å². The van der Waals surface area contributed by atoms with Crippen molar-refractivity contribution in [2.24, 2.45) is 0 Å². The molecule has 0 unspecified atom stereocenters. The lowest BCUT2D eigenvalue weighted by atomic mass is 10.2. The number of anilines is 1. The molecule has 0 radical (unpaired) electrons. The molecule has 0 saturated carbocycles. The summed E-state index contributed by atoms with van der Waals surface area (Å²) in [6.07, 6.45) is 0. The van der Waals surface area contributed by atoms with Gasteiger partial charge in [0.05, 0.1) is 33.0 Å². The molecule has 0 fully saturated rings. The second kappa shape index (κ2) is 8.52. The molecule has 1 aromatic heterocycles. The number of esters is 1. The minimum absolute atomic E-state index is 0.111. The van der Waals surface area contributed by atoms with Crippen LogP contribution >= 0.6 is 0 Å². The van der Waals surface area contributed by atoms with Crippen molar-refractivity contribution in [2.75, 3.05) is 33.3 Å². The fourth-order valence-electron chi connectivity index (χ4n) is 2.06. The Balaban J connectivity index is 2.33. The summed E-state index contributed by atoms with van der Waals surface area (Å²) in [5, 5.41) is 0. The van der Waals surface area contributed by atoms with Gasteiger partial charge in [-0.2, -0.15) is 9.97 Å². The summed E-state index contributed by atoms with van der Waals surface area (Å²) in [6.45, 7) is 0. The molecule has 1 aromatic carbocycles. The summed E-state index contributed by atoms with van der Waals surface area (Å²) in [6, 6.07) is 5.65. The molecule has 0 aliphatic heterocycles. The molecule has 0 bridgehead atoms. The lowest BCUT2D eigenvalue weighted by Gasteiger charge is -2.17. The first kappa shape index (κ1) is 20.9. The van der Waals surface area contributed by atoms with Gasteiger partial charge in [0.15, 0.2) is 0 Å². The maximum Gasteiger partial charge on any atom is 0.339 e. The van der Waals surface area contributed by atoms with Gasteiger partial charge in [0, 0.05) is 7.05 Å². The Kier molecular flexibility index (Phi) is 6.36. The molecule has 0 saturated heterocycles. The lowest BCUT2D eigenvalue weighted by molar-refractivity contribution is 0.0596. The molecule has 28 heavy (non-hydrogen) atoms. The van der Waals surface area contributed by atoms with E-state index in [4.69, 9.17) is 9.47 Å². The van der Waals surface area contributed by atoms with Gasteiger partial charge in [-0.3, -0.25) is 4.90 Å². The van der Waals surface area contributed by atoms with E-state index in [-0.39, 0.29) is 23.3 Å². The Morgan fingerprint density at radius 2 is 1.61 bits per heavy atom. The highest BCUT2D eigenvalue weighted by molar-refractivity contribution is 7.90. The molecule has 0 aliphatic carbocycles. The molecule has 0 aliphatic rings. The summed E-state index contributed by atoms with van der Waals surface area (Å²) >= 11 is 0. The molecule has 0 atom stereocenters. The summed E-state index contributed by atoms with van der Waals surface area (Å²) in [4.78, 5) is 32.6. The second-order valence-electron chi connectivity index (χ2n) is 5.21. The fraction of sp³-hybridized carbons (Fsp3) is 0.250. The lowest BCUT2D eigenvalue weighted by Crippen LogP contribution is -2.42. The molecule has 0 spiro atoms. The highest BCUT2D eigenvalue weighted by atomic mass is 32.2. The van der Waals surface area contributed by atoms with Crippen molar-refractivity contribution in [3.8, 4) is 11.8 Å². The third-order valence-electron chi connectivity index (χ3n) is 3.49. The number of nitrogens with zero attached hydrogens (tertiary/aromatic N) is 3. The zero-order chi connectivity index (χ0) is 20.9. The van der Waals surface area contributed by atoms with Crippen molar-refractivity contribution in [1.29, 1.82) is 0 Å². The summed E-state index contributed by atoms with van der Waals surface area (Å²) in [7, 11) is 0.704. The van der Waals surface area contributed by atoms with Crippen LogP contribution in [0.1, 0.15) is 10.4 Å². The van der Waals surface area contributed by atoms with Gasteiger partial charge in [-0.25, -0.2) is 22.7 Å². The number of nitrogens with one attached hydrogen (secondary N) is 1. The van der Waals surface area contributed by atoms with Crippen molar-refractivity contribution in [3.05, 3.63) is 35.9 Å². The van der Waals surface area contributed by atoms with E-state index in [0.29, 0.717) is 0 Å². The van der Waals surface area contributed by atoms with Crippen LogP contribution in [0.3, 0.4) is 0 Å². The van der Waals surface area contributed by atoms with E-state index in [1.807, 2.05) is 4.72 Å². The fourth-order valence-corrected chi connectivity index (χ4v) is 3.24. The molecule has 11 nitrogen and oxygen atoms in total. The number of benzene rings is 1. The van der Waals surface area contributed by atoms with E-state index in [1.165, 1.54) is 51.6 Å². The minimum Gasteiger partial charge on any atom is -0.481 e. The van der Waals surface area contributed by atoms with Gasteiger partial charge >= 0.3 is 12.0 Å². The Hall–Kier alpha value is -3.41. The van der Waals surface area contributed by atoms with Crippen LogP contribution in [0.15, 0.2) is 35.2 Å². The number of rotatable bonds is 6. The number of carbonyl (C=O) groups excluding carboxylic acids is 2. The zero-order valence-electron chi connectivity index (χ0n) is 15.5. The van der Waals surface area contributed by atoms with E-state index in [0.717, 1.165) is 12.0 Å². The standard InChI is InChI=1S/C16H18N4O7S/c1-20(15-17-12(25-2)9-13(18-15)26-3)16(22)19-28(23,24)11-8-6-5-7-10(11)14(21)27-4/h5-9H,1-4H3,(H,19,22). The highest BCUT2D eigenvalue weighted by Gasteiger charge is 2.27. The number of ether oxygens (including phenoxy) is 3. The first-order valence-electron chi connectivity index (χ1n) is 7.68. The third-order valence-corrected chi connectivity index (χ3v) is 4.87. The van der Waals surface area contributed by atoms with Gasteiger partial charge in [-0.1, -0.05) is 12.1 Å². The van der Waals surface area contributed by atoms with Crippen LogP contribution in [0.25, 0.3) is 0 Å². The first-order chi connectivity index (χ1) is 13.2. The maximum atomic E-state index is 12.6. The van der Waals surface area contributed by atoms with Crippen LogP contribution in [0, 0.1) is 0 Å².